The molecule has 2 heterocycles. The number of nitro benzene ring substituents is 1. The molecular weight excluding hydrogens is 513 g/mol. The summed E-state index contributed by atoms with van der Waals surface area (Å²) in [5, 5.41) is 11.0. The maximum atomic E-state index is 13.3. The van der Waals surface area contributed by atoms with Gasteiger partial charge in [-0.25, -0.2) is 0 Å². The van der Waals surface area contributed by atoms with Crippen LogP contribution in [-0.4, -0.2) is 60.5 Å². The van der Waals surface area contributed by atoms with Gasteiger partial charge in [0.15, 0.2) is 0 Å². The van der Waals surface area contributed by atoms with E-state index in [9.17, 15) is 23.3 Å². The molecule has 2 aliphatic heterocycles. The number of anilines is 2. The van der Waals surface area contributed by atoms with Crippen LogP contribution in [0.5, 0.6) is 0 Å². The second-order valence-electron chi connectivity index (χ2n) is 10.4. The van der Waals surface area contributed by atoms with Gasteiger partial charge in [0, 0.05) is 56.7 Å². The number of piperidine rings is 1. The molecule has 0 radical (unpaired) electrons. The summed E-state index contributed by atoms with van der Waals surface area (Å²) in [7, 11) is 0. The van der Waals surface area contributed by atoms with E-state index in [2.05, 4.69) is 41.0 Å². The van der Waals surface area contributed by atoms with Crippen LogP contribution < -0.4 is 9.80 Å². The molecule has 2 saturated heterocycles. The van der Waals surface area contributed by atoms with Gasteiger partial charge in [-0.2, -0.15) is 13.2 Å². The van der Waals surface area contributed by atoms with E-state index in [1.54, 1.807) is 0 Å². The van der Waals surface area contributed by atoms with Crippen LogP contribution in [0.15, 0.2) is 42.5 Å². The Hall–Kier alpha value is -2.72. The fraction of sp³-hybridized carbons (Fsp3) is 0.536. The minimum Gasteiger partial charge on any atom is -0.371 e. The van der Waals surface area contributed by atoms with Crippen LogP contribution in [0.3, 0.4) is 0 Å². The molecule has 0 N–H and O–H groups in total. The summed E-state index contributed by atoms with van der Waals surface area (Å²) < 4.78 is 40.0. The molecule has 2 fully saturated rings. The van der Waals surface area contributed by atoms with Crippen molar-refractivity contribution >= 4 is 34.1 Å². The van der Waals surface area contributed by atoms with Gasteiger partial charge in [-0.15, -0.1) is 0 Å². The zero-order valence-corrected chi connectivity index (χ0v) is 22.6. The molecular formula is C28H35F3N4O2S. The van der Waals surface area contributed by atoms with Crippen molar-refractivity contribution in [1.29, 1.82) is 0 Å². The lowest BCUT2D eigenvalue weighted by Crippen LogP contribution is -2.46. The first-order valence-electron chi connectivity index (χ1n) is 13.3. The molecule has 6 nitrogen and oxygen atoms in total. The van der Waals surface area contributed by atoms with E-state index in [1.165, 1.54) is 17.3 Å². The van der Waals surface area contributed by atoms with E-state index in [1.807, 2.05) is 4.90 Å². The number of hydrogen-bond donors (Lipinski definition) is 0. The number of nitrogens with zero attached hydrogens (tertiary/aromatic N) is 4. The lowest BCUT2D eigenvalue weighted by molar-refractivity contribution is -0.388. The third-order valence-corrected chi connectivity index (χ3v) is 8.05. The van der Waals surface area contributed by atoms with Crippen molar-refractivity contribution in [3.05, 3.63) is 63.7 Å². The molecule has 0 spiro atoms. The Labute approximate surface area is 227 Å². The minimum absolute atomic E-state index is 0.381. The minimum atomic E-state index is -4.77. The molecule has 0 unspecified atom stereocenters. The summed E-state index contributed by atoms with van der Waals surface area (Å²) in [6, 6.07) is 12.0. The van der Waals surface area contributed by atoms with Crippen LogP contribution in [0, 0.1) is 23.0 Å². The number of nitro groups is 1. The van der Waals surface area contributed by atoms with E-state index < -0.39 is 22.4 Å². The molecule has 0 saturated carbocycles. The summed E-state index contributed by atoms with van der Waals surface area (Å²) in [5.74, 6) is 0.428. The Morgan fingerprint density at radius 1 is 0.974 bits per heavy atom. The molecule has 0 bridgehead atoms. The first kappa shape index (κ1) is 28.3. The molecule has 206 valence electrons. The summed E-state index contributed by atoms with van der Waals surface area (Å²) in [6.07, 6.45) is -0.231. The summed E-state index contributed by atoms with van der Waals surface area (Å²) in [6.45, 7) is 8.56. The van der Waals surface area contributed by atoms with Crippen molar-refractivity contribution in [1.82, 2.24) is 4.90 Å². The molecule has 2 aromatic carbocycles. The second kappa shape index (κ2) is 12.4. The fourth-order valence-electron chi connectivity index (χ4n) is 5.41. The topological polar surface area (TPSA) is 52.9 Å². The van der Waals surface area contributed by atoms with Crippen molar-refractivity contribution in [2.75, 3.05) is 55.6 Å². The molecule has 2 aliphatic rings. The predicted molar refractivity (Wildman–Crippen MR) is 149 cm³/mol. The van der Waals surface area contributed by atoms with Crippen molar-refractivity contribution in [3.8, 4) is 0 Å². The highest BCUT2D eigenvalue weighted by Crippen LogP contribution is 2.39. The smallest absolute Gasteiger partial charge is 0.371 e. The zero-order chi connectivity index (χ0) is 27.3. The third kappa shape index (κ3) is 7.44. The average Bonchev–Trinajstić information content (AvgIpc) is 2.89. The molecule has 4 rings (SSSR count). The molecule has 0 aliphatic carbocycles. The van der Waals surface area contributed by atoms with Crippen molar-refractivity contribution in [2.45, 2.75) is 45.2 Å². The van der Waals surface area contributed by atoms with Gasteiger partial charge < -0.3 is 9.80 Å². The Morgan fingerprint density at radius 3 is 2.18 bits per heavy atom. The third-order valence-electron chi connectivity index (χ3n) is 7.68. The summed E-state index contributed by atoms with van der Waals surface area (Å²) in [5.41, 5.74) is 0.843. The quantitative estimate of drug-likeness (QED) is 0.203. The Balaban J connectivity index is 1.16. The van der Waals surface area contributed by atoms with Gasteiger partial charge in [0.25, 0.3) is 5.69 Å². The predicted octanol–water partition coefficient (Wildman–Crippen LogP) is 6.50. The number of benzene rings is 2. The highest BCUT2D eigenvalue weighted by Gasteiger charge is 2.39. The van der Waals surface area contributed by atoms with Crippen LogP contribution in [0.2, 0.25) is 0 Å². The average molecular weight is 549 g/mol. The molecule has 2 aromatic rings. The fourth-order valence-corrected chi connectivity index (χ4v) is 5.79. The van der Waals surface area contributed by atoms with Gasteiger partial charge in [-0.3, -0.25) is 15.0 Å². The first-order valence-corrected chi connectivity index (χ1v) is 13.7. The van der Waals surface area contributed by atoms with Crippen molar-refractivity contribution in [2.24, 2.45) is 5.92 Å². The van der Waals surface area contributed by atoms with E-state index in [0.29, 0.717) is 24.7 Å². The van der Waals surface area contributed by atoms with Gasteiger partial charge in [-0.05, 0) is 80.6 Å². The highest BCUT2D eigenvalue weighted by atomic mass is 32.1. The lowest BCUT2D eigenvalue weighted by atomic mass is 9.90. The normalized spacial score (nSPS) is 17.6. The molecule has 0 amide bonds. The highest BCUT2D eigenvalue weighted by molar-refractivity contribution is 7.80. The lowest BCUT2D eigenvalue weighted by Gasteiger charge is -2.36. The SMILES string of the molecule is Cc1ccc(N2CCN(CCCC(=S)CC3CCN(c4ccc([N+](=O)[O-])c(C(F)(F)F)c4)CC3)CC2)cc1. The van der Waals surface area contributed by atoms with Gasteiger partial charge >= 0.3 is 6.18 Å². The van der Waals surface area contributed by atoms with Gasteiger partial charge in [0.05, 0.1) is 4.92 Å². The molecule has 0 atom stereocenters. The van der Waals surface area contributed by atoms with E-state index >= 15 is 0 Å². The summed E-state index contributed by atoms with van der Waals surface area (Å²) in [4.78, 5) is 17.9. The maximum absolute atomic E-state index is 13.3. The Morgan fingerprint density at radius 2 is 1.58 bits per heavy atom. The molecule has 0 aromatic heterocycles. The van der Waals surface area contributed by atoms with Gasteiger partial charge in [0.1, 0.15) is 5.56 Å². The number of piperazine rings is 1. The van der Waals surface area contributed by atoms with E-state index in [0.717, 1.165) is 81.8 Å². The van der Waals surface area contributed by atoms with Crippen LogP contribution in [0.4, 0.5) is 30.2 Å². The maximum Gasteiger partial charge on any atom is 0.423 e. The Kier molecular flexibility index (Phi) is 9.25. The number of thiocarbonyl (C=S) groups is 1. The van der Waals surface area contributed by atoms with E-state index in [-0.39, 0.29) is 0 Å². The standard InChI is InChI=1S/C28H35F3N4O2S/c1-21-4-6-23(7-5-21)34-17-15-32(16-18-34)12-2-3-25(38)19-22-10-13-33(14-11-22)24-8-9-27(35(36)37)26(20-24)28(29,30)31/h4-9,20,22H,2-3,10-19H2,1H3. The summed E-state index contributed by atoms with van der Waals surface area (Å²) >= 11 is 5.69. The van der Waals surface area contributed by atoms with Crippen molar-refractivity contribution < 1.29 is 18.1 Å². The van der Waals surface area contributed by atoms with Crippen LogP contribution >= 0.6 is 12.2 Å². The largest absolute Gasteiger partial charge is 0.423 e. The first-order chi connectivity index (χ1) is 18.1. The number of alkyl halides is 3. The van der Waals surface area contributed by atoms with Crippen LogP contribution in [0.25, 0.3) is 0 Å². The number of halogens is 3. The number of rotatable bonds is 9. The number of aryl methyl sites for hydroxylation is 1. The molecule has 38 heavy (non-hydrogen) atoms. The van der Waals surface area contributed by atoms with Crippen LogP contribution in [-0.2, 0) is 6.18 Å². The number of hydrogen-bond acceptors (Lipinski definition) is 6. The molecule has 10 heteroatoms. The zero-order valence-electron chi connectivity index (χ0n) is 21.8. The van der Waals surface area contributed by atoms with Crippen LogP contribution in [0.1, 0.15) is 43.2 Å². The van der Waals surface area contributed by atoms with Gasteiger partial charge in [0.2, 0.25) is 0 Å². The Bertz CT molecular complexity index is 1110. The second-order valence-corrected chi connectivity index (χ2v) is 11.0. The monoisotopic (exact) mass is 548 g/mol. The van der Waals surface area contributed by atoms with E-state index in [4.69, 9.17) is 12.2 Å². The van der Waals surface area contributed by atoms with Gasteiger partial charge in [-0.1, -0.05) is 29.9 Å². The van der Waals surface area contributed by atoms with Crippen molar-refractivity contribution in [3.63, 3.8) is 0 Å².